The third kappa shape index (κ3) is 3.21. The van der Waals surface area contributed by atoms with Crippen molar-refractivity contribution in [1.82, 2.24) is 0 Å². The van der Waals surface area contributed by atoms with Crippen molar-refractivity contribution < 1.29 is 43.9 Å². The van der Waals surface area contributed by atoms with E-state index in [9.17, 15) is 29.7 Å². The topological polar surface area (TPSA) is 140 Å². The van der Waals surface area contributed by atoms with E-state index in [1.807, 2.05) is 0 Å². The normalized spacial score (nSPS) is 12.1. The number of aryl methyl sites for hydroxylation is 1. The van der Waals surface area contributed by atoms with E-state index < -0.39 is 34.8 Å². The van der Waals surface area contributed by atoms with Crippen molar-refractivity contribution >= 4 is 17.5 Å². The average Bonchev–Trinajstić information content (AvgIpc) is 2.78. The molecule has 1 aliphatic carbocycles. The second-order valence-electron chi connectivity index (χ2n) is 7.62. The van der Waals surface area contributed by atoms with Crippen LogP contribution in [0.1, 0.15) is 44.3 Å². The summed E-state index contributed by atoms with van der Waals surface area (Å²) < 4.78 is 15.8. The molecule has 0 fully saturated rings. The monoisotopic (exact) mass is 464 g/mol. The lowest BCUT2D eigenvalue weighted by atomic mass is 9.78. The Labute approximate surface area is 193 Å². The molecule has 3 aromatic carbocycles. The molecule has 0 amide bonds. The van der Waals surface area contributed by atoms with Gasteiger partial charge in [0.2, 0.25) is 11.5 Å². The van der Waals surface area contributed by atoms with Gasteiger partial charge in [0.15, 0.2) is 17.3 Å². The van der Waals surface area contributed by atoms with Crippen LogP contribution < -0.4 is 14.2 Å². The largest absolute Gasteiger partial charge is 0.507 e. The first-order valence-electron chi connectivity index (χ1n) is 10.1. The summed E-state index contributed by atoms with van der Waals surface area (Å²) in [6.45, 7) is 2.71. The zero-order valence-corrected chi connectivity index (χ0v) is 18.7. The molecule has 9 heteroatoms. The van der Waals surface area contributed by atoms with Gasteiger partial charge in [-0.1, -0.05) is 12.1 Å². The quantitative estimate of drug-likeness (QED) is 0.306. The van der Waals surface area contributed by atoms with Crippen LogP contribution in [0, 0.1) is 6.92 Å². The number of esters is 1. The van der Waals surface area contributed by atoms with Crippen molar-refractivity contribution in [2.75, 3.05) is 14.2 Å². The van der Waals surface area contributed by atoms with E-state index in [2.05, 4.69) is 0 Å². The molecule has 3 aromatic rings. The Morgan fingerprint density at radius 3 is 2.09 bits per heavy atom. The number of carbonyl (C=O) groups excluding carboxylic acids is 3. The molecule has 1 aliphatic rings. The summed E-state index contributed by atoms with van der Waals surface area (Å²) in [6.07, 6.45) is 0. The van der Waals surface area contributed by atoms with Gasteiger partial charge < -0.3 is 29.5 Å². The van der Waals surface area contributed by atoms with Crippen molar-refractivity contribution in [2.24, 2.45) is 0 Å². The van der Waals surface area contributed by atoms with E-state index in [1.54, 1.807) is 6.92 Å². The molecule has 0 aliphatic heterocycles. The highest BCUT2D eigenvalue weighted by molar-refractivity contribution is 6.32. The van der Waals surface area contributed by atoms with E-state index in [-0.39, 0.29) is 50.6 Å². The third-order valence-corrected chi connectivity index (χ3v) is 5.59. The van der Waals surface area contributed by atoms with E-state index in [0.717, 1.165) is 6.92 Å². The Hall–Kier alpha value is -4.53. The molecule has 0 heterocycles. The van der Waals surface area contributed by atoms with Crippen LogP contribution in [0.4, 0.5) is 0 Å². The zero-order valence-electron chi connectivity index (χ0n) is 18.7. The van der Waals surface area contributed by atoms with Crippen molar-refractivity contribution in [3.8, 4) is 45.6 Å². The summed E-state index contributed by atoms with van der Waals surface area (Å²) in [7, 11) is 2.63. The minimum absolute atomic E-state index is 0.00345. The van der Waals surface area contributed by atoms with Crippen LogP contribution in [0.3, 0.4) is 0 Å². The summed E-state index contributed by atoms with van der Waals surface area (Å²) in [6, 6.07) is 6.70. The number of fused-ring (bicyclic) bond motifs is 2. The molecular formula is C25H20O9. The van der Waals surface area contributed by atoms with Crippen LogP contribution >= 0.6 is 0 Å². The maximum absolute atomic E-state index is 13.6. The second kappa shape index (κ2) is 8.11. The first kappa shape index (κ1) is 22.7. The average molecular weight is 464 g/mol. The van der Waals surface area contributed by atoms with Crippen LogP contribution in [-0.4, -0.2) is 47.1 Å². The van der Waals surface area contributed by atoms with Gasteiger partial charge in [0, 0.05) is 29.7 Å². The highest BCUT2D eigenvalue weighted by Crippen LogP contribution is 2.53. The third-order valence-electron chi connectivity index (χ3n) is 5.59. The van der Waals surface area contributed by atoms with Crippen LogP contribution in [0.5, 0.6) is 34.5 Å². The molecule has 3 N–H and O–H groups in total. The lowest BCUT2D eigenvalue weighted by Gasteiger charge is -2.25. The molecule has 0 unspecified atom stereocenters. The standard InChI is InChI=1S/C25H20O9/c1-10-8-14(28)19-21(22(29)12-6-5-7-13(27)18(12)23(19)30)17(10)20-15(32-3)9-16(33-4)25(24(20)31)34-11(2)26/h5-9,27-28,31H,1-4H3. The fraction of sp³-hybridized carbons (Fsp3) is 0.160. The molecule has 0 spiro atoms. The van der Waals surface area contributed by atoms with Crippen molar-refractivity contribution in [3.05, 3.63) is 58.1 Å². The van der Waals surface area contributed by atoms with Crippen LogP contribution in [0.25, 0.3) is 11.1 Å². The molecule has 0 aromatic heterocycles. The number of carbonyl (C=O) groups is 3. The smallest absolute Gasteiger partial charge is 0.308 e. The lowest BCUT2D eigenvalue weighted by Crippen LogP contribution is -2.22. The Morgan fingerprint density at radius 1 is 0.794 bits per heavy atom. The van der Waals surface area contributed by atoms with Gasteiger partial charge in [0.1, 0.15) is 17.2 Å². The van der Waals surface area contributed by atoms with Gasteiger partial charge in [0.25, 0.3) is 0 Å². The van der Waals surface area contributed by atoms with Gasteiger partial charge in [-0.15, -0.1) is 0 Å². The molecule has 0 atom stereocenters. The summed E-state index contributed by atoms with van der Waals surface area (Å²) in [5, 5.41) is 32.0. The predicted molar refractivity (Wildman–Crippen MR) is 119 cm³/mol. The number of ketones is 2. The van der Waals surface area contributed by atoms with Gasteiger partial charge in [0.05, 0.1) is 30.9 Å². The first-order valence-corrected chi connectivity index (χ1v) is 10.1. The number of aromatic hydroxyl groups is 3. The van der Waals surface area contributed by atoms with E-state index >= 15 is 0 Å². The Morgan fingerprint density at radius 2 is 1.47 bits per heavy atom. The van der Waals surface area contributed by atoms with Crippen LogP contribution in [0.2, 0.25) is 0 Å². The summed E-state index contributed by atoms with van der Waals surface area (Å²) >= 11 is 0. The van der Waals surface area contributed by atoms with Crippen molar-refractivity contribution in [3.63, 3.8) is 0 Å². The zero-order chi connectivity index (χ0) is 24.9. The Balaban J connectivity index is 2.14. The van der Waals surface area contributed by atoms with Gasteiger partial charge in [-0.25, -0.2) is 0 Å². The summed E-state index contributed by atoms with van der Waals surface area (Å²) in [5.74, 6) is -3.82. The van der Waals surface area contributed by atoms with Gasteiger partial charge in [-0.3, -0.25) is 14.4 Å². The molecule has 0 bridgehead atoms. The number of ether oxygens (including phenoxy) is 3. The van der Waals surface area contributed by atoms with E-state index in [1.165, 1.54) is 44.6 Å². The number of phenolic OH excluding ortho intramolecular Hbond substituents is 3. The molecule has 0 saturated heterocycles. The highest BCUT2D eigenvalue weighted by atomic mass is 16.6. The van der Waals surface area contributed by atoms with Crippen LogP contribution in [0.15, 0.2) is 30.3 Å². The number of phenols is 3. The van der Waals surface area contributed by atoms with Gasteiger partial charge in [-0.2, -0.15) is 0 Å². The minimum atomic E-state index is -0.756. The number of rotatable bonds is 4. The van der Waals surface area contributed by atoms with Gasteiger partial charge in [-0.05, 0) is 24.6 Å². The number of methoxy groups -OCH3 is 2. The SMILES string of the molecule is COc1cc(OC)c(-c2c(C)cc(O)c3c2C(=O)c2cccc(O)c2C3=O)c(O)c1OC(C)=O. The fourth-order valence-electron chi connectivity index (χ4n) is 4.21. The molecule has 0 radical (unpaired) electrons. The highest BCUT2D eigenvalue weighted by Gasteiger charge is 2.38. The van der Waals surface area contributed by atoms with E-state index in [0.29, 0.717) is 5.56 Å². The molecular weight excluding hydrogens is 444 g/mol. The number of benzene rings is 3. The summed E-state index contributed by atoms with van der Waals surface area (Å²) in [5.41, 5.74) is -0.427. The lowest BCUT2D eigenvalue weighted by molar-refractivity contribution is -0.132. The van der Waals surface area contributed by atoms with E-state index in [4.69, 9.17) is 14.2 Å². The maximum atomic E-state index is 13.6. The molecule has 0 saturated carbocycles. The van der Waals surface area contributed by atoms with Gasteiger partial charge >= 0.3 is 5.97 Å². The minimum Gasteiger partial charge on any atom is -0.507 e. The Bertz CT molecular complexity index is 1400. The fourth-order valence-corrected chi connectivity index (χ4v) is 4.21. The number of hydrogen-bond donors (Lipinski definition) is 3. The second-order valence-corrected chi connectivity index (χ2v) is 7.62. The number of hydrogen-bond acceptors (Lipinski definition) is 9. The Kier molecular flexibility index (Phi) is 5.40. The van der Waals surface area contributed by atoms with Crippen LogP contribution in [-0.2, 0) is 4.79 Å². The molecule has 34 heavy (non-hydrogen) atoms. The molecule has 9 nitrogen and oxygen atoms in total. The summed E-state index contributed by atoms with van der Waals surface area (Å²) in [4.78, 5) is 38.5. The van der Waals surface area contributed by atoms with Crippen molar-refractivity contribution in [2.45, 2.75) is 13.8 Å². The van der Waals surface area contributed by atoms with Crippen molar-refractivity contribution in [1.29, 1.82) is 0 Å². The maximum Gasteiger partial charge on any atom is 0.308 e. The predicted octanol–water partition coefficient (Wildman–Crippen LogP) is 3.50. The molecule has 4 rings (SSSR count). The first-order chi connectivity index (χ1) is 16.1. The molecule has 174 valence electrons.